The molecule has 5 N–H and O–H groups in total. The first-order valence-electron chi connectivity index (χ1n) is 5.04. The molecule has 2 atom stereocenters. The monoisotopic (exact) mass is 247 g/mol. The summed E-state index contributed by atoms with van der Waals surface area (Å²) in [5, 5.41) is 20.0. The topological polar surface area (TPSA) is 133 Å². The molecule has 0 heterocycles. The van der Waals surface area contributed by atoms with Crippen LogP contribution < -0.4 is 11.1 Å². The summed E-state index contributed by atoms with van der Waals surface area (Å²) in [5.41, 5.74) is 4.93. The number of likely N-dealkylation sites (N-methyl/N-ethyl adjacent to an activating group) is 1. The van der Waals surface area contributed by atoms with Crippen LogP contribution >= 0.6 is 0 Å². The lowest BCUT2D eigenvalue weighted by Crippen LogP contribution is -2.53. The smallest absolute Gasteiger partial charge is 0.328 e. The Morgan fingerprint density at radius 2 is 1.94 bits per heavy atom. The zero-order chi connectivity index (χ0) is 13.6. The minimum absolute atomic E-state index is 0.195. The molecule has 0 saturated heterocycles. The third-order valence-corrected chi connectivity index (χ3v) is 2.04. The number of aliphatic hydroxyl groups is 1. The van der Waals surface area contributed by atoms with Gasteiger partial charge in [-0.1, -0.05) is 0 Å². The average Bonchev–Trinajstić information content (AvgIpc) is 2.20. The molecule has 98 valence electrons. The van der Waals surface area contributed by atoms with Gasteiger partial charge in [-0.15, -0.1) is 0 Å². The molecule has 8 nitrogen and oxygen atoms in total. The van der Waals surface area contributed by atoms with Gasteiger partial charge in [0, 0.05) is 6.54 Å². The van der Waals surface area contributed by atoms with Crippen LogP contribution in [0.25, 0.3) is 0 Å². The van der Waals surface area contributed by atoms with Crippen molar-refractivity contribution in [3.8, 4) is 0 Å². The lowest BCUT2D eigenvalue weighted by Gasteiger charge is -2.23. The molecule has 0 aliphatic rings. The Hall–Kier alpha value is -1.83. The number of nitrogens with zero attached hydrogens (tertiary/aromatic N) is 1. The minimum atomic E-state index is -1.43. The van der Waals surface area contributed by atoms with Gasteiger partial charge in [-0.2, -0.15) is 0 Å². The maximum Gasteiger partial charge on any atom is 0.328 e. The number of amides is 3. The first-order valence-corrected chi connectivity index (χ1v) is 5.04. The third-order valence-electron chi connectivity index (χ3n) is 2.04. The van der Waals surface area contributed by atoms with Gasteiger partial charge in [-0.05, 0) is 13.8 Å². The number of urea groups is 1. The van der Waals surface area contributed by atoms with E-state index in [-0.39, 0.29) is 13.1 Å². The normalized spacial score (nSPS) is 13.6. The number of hydrogen-bond donors (Lipinski definition) is 4. The second kappa shape index (κ2) is 6.69. The Bertz CT molecular complexity index is 305. The largest absolute Gasteiger partial charge is 0.480 e. The van der Waals surface area contributed by atoms with Crippen LogP contribution in [-0.2, 0) is 9.59 Å². The molecule has 0 aliphatic heterocycles. The predicted molar refractivity (Wildman–Crippen MR) is 58.1 cm³/mol. The number of hydrogen-bond acceptors (Lipinski definition) is 4. The van der Waals surface area contributed by atoms with E-state index >= 15 is 0 Å². The quantitative estimate of drug-likeness (QED) is 0.445. The van der Waals surface area contributed by atoms with Crippen molar-refractivity contribution in [2.75, 3.05) is 13.1 Å². The molecule has 17 heavy (non-hydrogen) atoms. The van der Waals surface area contributed by atoms with Crippen LogP contribution in [0.3, 0.4) is 0 Å². The Morgan fingerprint density at radius 1 is 1.41 bits per heavy atom. The Morgan fingerprint density at radius 3 is 2.24 bits per heavy atom. The Labute approximate surface area is 98.4 Å². The highest BCUT2D eigenvalue weighted by Crippen LogP contribution is 1.96. The van der Waals surface area contributed by atoms with Gasteiger partial charge in [0.15, 0.2) is 6.04 Å². The third kappa shape index (κ3) is 5.16. The fraction of sp³-hybridized carbons (Fsp3) is 0.667. The SMILES string of the molecule is CCN(CC(N)=O)C(=O)NC(C(=O)O)C(C)O. The number of primary amides is 1. The standard InChI is InChI=1S/C9H17N3O5/c1-3-12(4-6(10)14)9(17)11-7(5(2)13)8(15)16/h5,7,13H,3-4H2,1-2H3,(H2,10,14)(H,11,17)(H,15,16). The summed E-state index contributed by atoms with van der Waals surface area (Å²) in [4.78, 5) is 34.0. The number of carbonyl (C=O) groups is 3. The van der Waals surface area contributed by atoms with Gasteiger partial charge in [0.25, 0.3) is 0 Å². The van der Waals surface area contributed by atoms with Gasteiger partial charge >= 0.3 is 12.0 Å². The molecule has 0 aromatic rings. The highest BCUT2D eigenvalue weighted by Gasteiger charge is 2.27. The maximum absolute atomic E-state index is 11.6. The van der Waals surface area contributed by atoms with E-state index in [2.05, 4.69) is 5.32 Å². The number of carboxylic acid groups (broad SMARTS) is 1. The molecular formula is C9H17N3O5. The molecule has 0 aliphatic carbocycles. The van der Waals surface area contributed by atoms with E-state index in [9.17, 15) is 14.4 Å². The first kappa shape index (κ1) is 15.2. The van der Waals surface area contributed by atoms with Crippen LogP contribution in [0.15, 0.2) is 0 Å². The van der Waals surface area contributed by atoms with Gasteiger partial charge in [0.05, 0.1) is 6.10 Å². The zero-order valence-corrected chi connectivity index (χ0v) is 9.71. The van der Waals surface area contributed by atoms with E-state index in [1.165, 1.54) is 6.92 Å². The summed E-state index contributed by atoms with van der Waals surface area (Å²) in [6.45, 7) is 2.74. The van der Waals surface area contributed by atoms with Crippen molar-refractivity contribution >= 4 is 17.9 Å². The summed E-state index contributed by atoms with van der Waals surface area (Å²) in [7, 11) is 0. The molecule has 3 amide bonds. The number of carbonyl (C=O) groups excluding carboxylic acids is 2. The number of aliphatic carboxylic acids is 1. The zero-order valence-electron chi connectivity index (χ0n) is 9.71. The van der Waals surface area contributed by atoms with Crippen LogP contribution in [0.2, 0.25) is 0 Å². The second-order valence-corrected chi connectivity index (χ2v) is 3.49. The highest BCUT2D eigenvalue weighted by molar-refractivity contribution is 5.86. The number of aliphatic hydroxyl groups excluding tert-OH is 1. The molecule has 0 bridgehead atoms. The molecule has 2 unspecified atom stereocenters. The van der Waals surface area contributed by atoms with Crippen molar-refractivity contribution < 1.29 is 24.6 Å². The Balaban J connectivity index is 4.57. The molecule has 0 rings (SSSR count). The van der Waals surface area contributed by atoms with Gasteiger partial charge in [0.1, 0.15) is 6.54 Å². The van der Waals surface area contributed by atoms with Crippen molar-refractivity contribution in [2.45, 2.75) is 26.0 Å². The molecule has 0 aromatic carbocycles. The van der Waals surface area contributed by atoms with E-state index < -0.39 is 30.1 Å². The first-order chi connectivity index (χ1) is 7.79. The van der Waals surface area contributed by atoms with Crippen LogP contribution in [0, 0.1) is 0 Å². The maximum atomic E-state index is 11.6. The fourth-order valence-corrected chi connectivity index (χ4v) is 1.13. The van der Waals surface area contributed by atoms with Crippen molar-refractivity contribution in [3.63, 3.8) is 0 Å². The van der Waals surface area contributed by atoms with Crippen molar-refractivity contribution in [2.24, 2.45) is 5.73 Å². The molecular weight excluding hydrogens is 230 g/mol. The lowest BCUT2D eigenvalue weighted by atomic mass is 10.2. The predicted octanol–water partition coefficient (Wildman–Crippen LogP) is -1.66. The molecule has 0 radical (unpaired) electrons. The summed E-state index contributed by atoms with van der Waals surface area (Å²) >= 11 is 0. The van der Waals surface area contributed by atoms with E-state index in [4.69, 9.17) is 15.9 Å². The number of nitrogens with one attached hydrogen (secondary N) is 1. The fourth-order valence-electron chi connectivity index (χ4n) is 1.13. The summed E-state index contributed by atoms with van der Waals surface area (Å²) < 4.78 is 0. The molecule has 0 fully saturated rings. The van der Waals surface area contributed by atoms with Gasteiger partial charge < -0.3 is 26.2 Å². The van der Waals surface area contributed by atoms with Gasteiger partial charge in [0.2, 0.25) is 5.91 Å². The lowest BCUT2D eigenvalue weighted by molar-refractivity contribution is -0.141. The highest BCUT2D eigenvalue weighted by atomic mass is 16.4. The second-order valence-electron chi connectivity index (χ2n) is 3.49. The van der Waals surface area contributed by atoms with E-state index in [1.54, 1.807) is 6.92 Å². The Kier molecular flexibility index (Phi) is 5.97. The molecule has 0 saturated carbocycles. The average molecular weight is 247 g/mol. The number of carboxylic acids is 1. The number of nitrogens with two attached hydrogens (primary N) is 1. The minimum Gasteiger partial charge on any atom is -0.480 e. The number of rotatable bonds is 6. The van der Waals surface area contributed by atoms with Gasteiger partial charge in [-0.25, -0.2) is 9.59 Å². The van der Waals surface area contributed by atoms with Crippen LogP contribution in [0.4, 0.5) is 4.79 Å². The summed E-state index contributed by atoms with van der Waals surface area (Å²) in [6, 6.07) is -2.19. The van der Waals surface area contributed by atoms with E-state index in [0.717, 1.165) is 4.90 Å². The van der Waals surface area contributed by atoms with Crippen molar-refractivity contribution in [1.29, 1.82) is 0 Å². The van der Waals surface area contributed by atoms with E-state index in [0.29, 0.717) is 0 Å². The van der Waals surface area contributed by atoms with Crippen LogP contribution in [0.5, 0.6) is 0 Å². The van der Waals surface area contributed by atoms with Crippen LogP contribution in [0.1, 0.15) is 13.8 Å². The van der Waals surface area contributed by atoms with Crippen molar-refractivity contribution in [3.05, 3.63) is 0 Å². The summed E-state index contributed by atoms with van der Waals surface area (Å²) in [5.74, 6) is -2.06. The summed E-state index contributed by atoms with van der Waals surface area (Å²) in [6.07, 6.45) is -1.25. The van der Waals surface area contributed by atoms with Gasteiger partial charge in [-0.3, -0.25) is 4.79 Å². The molecule has 8 heteroatoms. The molecule has 0 spiro atoms. The van der Waals surface area contributed by atoms with Crippen LogP contribution in [-0.4, -0.2) is 58.3 Å². The van der Waals surface area contributed by atoms with E-state index in [1.807, 2.05) is 0 Å². The van der Waals surface area contributed by atoms with Crippen molar-refractivity contribution in [1.82, 2.24) is 10.2 Å². The molecule has 0 aromatic heterocycles.